The predicted molar refractivity (Wildman–Crippen MR) is 521 cm³/mol. The number of rotatable bonds is 8. The molecular weight excluding hydrogens is 1450 g/mol. The number of nitrogens with zero attached hydrogens (tertiary/aromatic N) is 3. The molecule has 14 aromatic rings. The third kappa shape index (κ3) is 14.5. The van der Waals surface area contributed by atoms with Crippen LogP contribution in [0.1, 0.15) is 271 Å². The smallest absolute Gasteiger partial charge is 0.252 e. The minimum absolute atomic E-state index is 0.0236. The van der Waals surface area contributed by atoms with E-state index in [9.17, 15) is 0 Å². The fourth-order valence-corrected chi connectivity index (χ4v) is 19.3. The molecule has 0 saturated heterocycles. The molecule has 0 N–H and O–H groups in total. The third-order valence-corrected chi connectivity index (χ3v) is 26.8. The van der Waals surface area contributed by atoms with Crippen LogP contribution in [-0.4, -0.2) is 11.3 Å². The molecule has 608 valence electrons. The van der Waals surface area contributed by atoms with Gasteiger partial charge in [-0.05, 0) is 251 Å². The molecule has 0 amide bonds. The summed E-state index contributed by atoms with van der Waals surface area (Å²) < 4.78 is 2.61. The van der Waals surface area contributed by atoms with Crippen LogP contribution in [0.25, 0.3) is 72.0 Å². The largest absolute Gasteiger partial charge is 0.310 e. The maximum Gasteiger partial charge on any atom is 0.252 e. The first kappa shape index (κ1) is 81.7. The summed E-state index contributed by atoms with van der Waals surface area (Å²) in [6.45, 7) is 63.6. The van der Waals surface area contributed by atoms with Crippen LogP contribution in [0.4, 0.5) is 34.1 Å². The van der Waals surface area contributed by atoms with Crippen molar-refractivity contribution in [3.05, 3.63) is 333 Å². The summed E-state index contributed by atoms with van der Waals surface area (Å²) in [6.07, 6.45) is 0.899. The van der Waals surface area contributed by atoms with E-state index in [2.05, 4.69) is 456 Å². The van der Waals surface area contributed by atoms with Gasteiger partial charge < -0.3 is 14.4 Å². The second-order valence-corrected chi connectivity index (χ2v) is 44.8. The Bertz CT molecular complexity index is 6110. The van der Waals surface area contributed by atoms with E-state index in [0.717, 1.165) is 23.5 Å². The molecule has 0 atom stereocenters. The van der Waals surface area contributed by atoms with Gasteiger partial charge in [0.25, 0.3) is 6.71 Å². The van der Waals surface area contributed by atoms with Crippen molar-refractivity contribution in [3.8, 4) is 50.2 Å². The Morgan fingerprint density at radius 1 is 0.258 bits per heavy atom. The van der Waals surface area contributed by atoms with E-state index in [4.69, 9.17) is 0 Å². The van der Waals surface area contributed by atoms with Crippen LogP contribution in [0.2, 0.25) is 0 Å². The van der Waals surface area contributed by atoms with Crippen LogP contribution in [0.3, 0.4) is 0 Å². The molecule has 13 aromatic carbocycles. The summed E-state index contributed by atoms with van der Waals surface area (Å²) in [7, 11) is 0. The summed E-state index contributed by atoms with van der Waals surface area (Å²) in [5.74, 6) is -0.0236. The van der Waals surface area contributed by atoms with Crippen molar-refractivity contribution in [2.45, 2.75) is 248 Å². The van der Waals surface area contributed by atoms with Gasteiger partial charge in [-0.2, -0.15) is 0 Å². The van der Waals surface area contributed by atoms with E-state index in [0.29, 0.717) is 0 Å². The first-order valence-electron chi connectivity index (χ1n) is 44.3. The van der Waals surface area contributed by atoms with Gasteiger partial charge in [-0.1, -0.05) is 363 Å². The predicted octanol–water partition coefficient (Wildman–Crippen LogP) is 30.3. The minimum atomic E-state index is -0.353. The summed E-state index contributed by atoms with van der Waals surface area (Å²) in [5, 5.41) is 2.54. The first-order valence-corrected chi connectivity index (χ1v) is 44.3. The van der Waals surface area contributed by atoms with Gasteiger partial charge in [-0.25, -0.2) is 0 Å². The maximum absolute atomic E-state index is 2.82. The van der Waals surface area contributed by atoms with Crippen LogP contribution < -0.4 is 26.2 Å². The molecule has 0 saturated carbocycles. The van der Waals surface area contributed by atoms with E-state index in [1.54, 1.807) is 0 Å². The van der Waals surface area contributed by atoms with E-state index in [1.165, 1.54) is 183 Å². The number of aromatic nitrogens is 1. The van der Waals surface area contributed by atoms with Crippen LogP contribution >= 0.6 is 0 Å². The number of anilines is 6. The van der Waals surface area contributed by atoms with E-state index in [1.807, 2.05) is 0 Å². The third-order valence-electron chi connectivity index (χ3n) is 26.8. The Labute approximate surface area is 719 Å². The lowest BCUT2D eigenvalue weighted by atomic mass is 9.33. The maximum atomic E-state index is 2.82. The lowest BCUT2D eigenvalue weighted by Gasteiger charge is -2.47. The molecule has 120 heavy (non-hydrogen) atoms. The summed E-state index contributed by atoms with van der Waals surface area (Å²) in [5.41, 5.74) is 41.1. The lowest BCUT2D eigenvalue weighted by Crippen LogP contribution is -2.61. The average molecular weight is 1570 g/mol. The van der Waals surface area contributed by atoms with Crippen molar-refractivity contribution in [3.63, 3.8) is 0 Å². The molecule has 0 bridgehead atoms. The van der Waals surface area contributed by atoms with Gasteiger partial charge in [-0.15, -0.1) is 0 Å². The van der Waals surface area contributed by atoms with E-state index < -0.39 is 0 Å². The van der Waals surface area contributed by atoms with Crippen molar-refractivity contribution in [2.24, 2.45) is 0 Å². The summed E-state index contributed by atoms with van der Waals surface area (Å²) >= 11 is 0. The van der Waals surface area contributed by atoms with Gasteiger partial charge in [0.15, 0.2) is 0 Å². The van der Waals surface area contributed by atoms with E-state index >= 15 is 0 Å². The highest BCUT2D eigenvalue weighted by Gasteiger charge is 2.48. The van der Waals surface area contributed by atoms with Crippen molar-refractivity contribution in [1.29, 1.82) is 0 Å². The summed E-state index contributed by atoms with van der Waals surface area (Å²) in [6, 6.07) is 103. The number of benzene rings is 13. The fraction of sp³-hybridized carbons (Fsp3) is 0.328. The zero-order valence-electron chi connectivity index (χ0n) is 77.0. The SMILES string of the molecule is CC(C)(C)c1ccc(-c2cc(C(C)(C)C)cc(-c3ccc(C(C)(C)C)cc3)c2N2c3ccc(C4c5ccccc5Cc5ccccc54)cc3B3c4ccc(-n5c6ccc(C(C)(C)C)cc6c6cc(C(C)(C)C)ccc65)cc4N(c4c(-c5ccc(C(C)(C)C)cc5)cc(C(C)(C)C)cc4-c4ccc(C(C)(C)C)cc4)c4cc(C(C)(C)C)cc2c43)cc1. The van der Waals surface area contributed by atoms with Crippen LogP contribution in [0, 0.1) is 0 Å². The molecule has 3 aliphatic rings. The first-order chi connectivity index (χ1) is 56.2. The second kappa shape index (κ2) is 28.5. The van der Waals surface area contributed by atoms with Gasteiger partial charge in [-0.3, -0.25) is 0 Å². The molecular formula is C116H126BN3. The number of hydrogen-bond donors (Lipinski definition) is 0. The van der Waals surface area contributed by atoms with Crippen molar-refractivity contribution >= 4 is 79.0 Å². The second-order valence-electron chi connectivity index (χ2n) is 44.8. The van der Waals surface area contributed by atoms with Crippen LogP contribution in [0.5, 0.6) is 0 Å². The van der Waals surface area contributed by atoms with Gasteiger partial charge in [0, 0.05) is 67.4 Å². The molecule has 0 radical (unpaired) electrons. The topological polar surface area (TPSA) is 11.4 Å². The van der Waals surface area contributed by atoms with Crippen molar-refractivity contribution < 1.29 is 0 Å². The molecule has 1 aromatic heterocycles. The quantitative estimate of drug-likeness (QED) is 0.141. The Balaban J connectivity index is 1.08. The zero-order valence-corrected chi connectivity index (χ0v) is 77.0. The molecule has 0 unspecified atom stereocenters. The normalized spacial score (nSPS) is 14.2. The molecule has 17 rings (SSSR count). The molecule has 1 aliphatic carbocycles. The highest BCUT2D eigenvalue weighted by Crippen LogP contribution is 2.57. The lowest BCUT2D eigenvalue weighted by molar-refractivity contribution is 0.589. The monoisotopic (exact) mass is 1570 g/mol. The number of hydrogen-bond acceptors (Lipinski definition) is 2. The molecule has 3 heterocycles. The van der Waals surface area contributed by atoms with Crippen LogP contribution in [-0.2, 0) is 55.2 Å². The Kier molecular flexibility index (Phi) is 19.4. The zero-order chi connectivity index (χ0) is 85.6. The highest BCUT2D eigenvalue weighted by atomic mass is 15.2. The van der Waals surface area contributed by atoms with E-state index in [-0.39, 0.29) is 61.4 Å². The van der Waals surface area contributed by atoms with Crippen molar-refractivity contribution in [1.82, 2.24) is 4.57 Å². The molecule has 0 spiro atoms. The number of fused-ring (bicyclic) bond motifs is 9. The standard InChI is InChI=1S/C116H126BN3/c1-108(2,3)78-45-36-71(37-46-78)90-64-84(114(19,20)21)65-91(72-38-47-79(48-39-72)109(4,5)6)106(90)119-100-57-44-77(104-88-34-30-28-32-75(88)60-76-33-29-31-35-89(76)104)61-97(100)117-96-56-55-87(118-98-58-53-82(112(13,14)15)62-94(98)95-63-83(113(16,17)18)54-59-99(95)118)70-101(96)120(103-69-86(116(25,26)27)68-102(119)105(103)117)107-92(73-40-49-80(50-41-73)110(7,8)9)66-85(115(22,23)24)67-93(107)74-42-51-81(52-43-74)111(10,11)12/h28-59,61-70,104H,60H2,1-27H3. The van der Waals surface area contributed by atoms with Gasteiger partial charge in [0.1, 0.15) is 0 Å². The molecule has 4 heteroatoms. The highest BCUT2D eigenvalue weighted by molar-refractivity contribution is 7.00. The van der Waals surface area contributed by atoms with Gasteiger partial charge >= 0.3 is 0 Å². The molecule has 3 nitrogen and oxygen atoms in total. The Morgan fingerprint density at radius 2 is 0.583 bits per heavy atom. The Morgan fingerprint density at radius 3 is 0.933 bits per heavy atom. The average Bonchev–Trinajstić information content (AvgIpc) is 0.698. The minimum Gasteiger partial charge on any atom is -0.310 e. The summed E-state index contributed by atoms with van der Waals surface area (Å²) in [4.78, 5) is 5.62. The van der Waals surface area contributed by atoms with Gasteiger partial charge in [0.05, 0.1) is 22.4 Å². The van der Waals surface area contributed by atoms with Gasteiger partial charge in [0.2, 0.25) is 0 Å². The van der Waals surface area contributed by atoms with Crippen LogP contribution in [0.15, 0.2) is 255 Å². The molecule has 2 aliphatic heterocycles. The Hall–Kier alpha value is -10.7. The molecule has 0 fully saturated rings. The van der Waals surface area contributed by atoms with Crippen molar-refractivity contribution in [2.75, 3.05) is 9.80 Å². The fourth-order valence-electron chi connectivity index (χ4n) is 19.3.